The molecule has 1 aromatic heterocycles. The van der Waals surface area contributed by atoms with Gasteiger partial charge in [0.2, 0.25) is 0 Å². The minimum atomic E-state index is 0.719. The molecule has 0 unspecified atom stereocenters. The summed E-state index contributed by atoms with van der Waals surface area (Å²) < 4.78 is 13.3. The summed E-state index contributed by atoms with van der Waals surface area (Å²) in [7, 11) is 3.34. The molecule has 0 atom stereocenters. The standard InChI is InChI=1S/C23H27N3O2/c1-15-11-12-17(14-16(15)2)26-23-19(8-5-6-13-24-23)21(25-26)18-9-7-10-20(27-3)22(18)28-4/h7,9-12,14,24H,5-6,8,13H2,1-4H3. The smallest absolute Gasteiger partial charge is 0.170 e. The minimum Gasteiger partial charge on any atom is -0.493 e. The Bertz CT molecular complexity index is 1010. The number of hydrogen-bond acceptors (Lipinski definition) is 4. The van der Waals surface area contributed by atoms with Gasteiger partial charge in [-0.2, -0.15) is 5.10 Å². The fourth-order valence-electron chi connectivity index (χ4n) is 3.84. The van der Waals surface area contributed by atoms with Gasteiger partial charge in [-0.05, 0) is 68.5 Å². The van der Waals surface area contributed by atoms with Crippen LogP contribution in [0.5, 0.6) is 11.5 Å². The molecule has 1 N–H and O–H groups in total. The van der Waals surface area contributed by atoms with Crippen molar-refractivity contribution in [3.05, 3.63) is 53.1 Å². The Kier molecular flexibility index (Phi) is 4.99. The Morgan fingerprint density at radius 2 is 1.86 bits per heavy atom. The number of aryl methyl sites for hydroxylation is 2. The normalized spacial score (nSPS) is 13.4. The lowest BCUT2D eigenvalue weighted by Gasteiger charge is -2.12. The Hall–Kier alpha value is -2.95. The molecule has 1 aliphatic heterocycles. The molecule has 3 aromatic rings. The van der Waals surface area contributed by atoms with E-state index in [0.29, 0.717) is 0 Å². The lowest BCUT2D eigenvalue weighted by Crippen LogP contribution is -2.07. The van der Waals surface area contributed by atoms with Gasteiger partial charge in [0.05, 0.1) is 19.9 Å². The van der Waals surface area contributed by atoms with E-state index in [2.05, 4.69) is 43.4 Å². The van der Waals surface area contributed by atoms with Crippen molar-refractivity contribution in [2.45, 2.75) is 33.1 Å². The highest BCUT2D eigenvalue weighted by Gasteiger charge is 2.24. The highest BCUT2D eigenvalue weighted by Crippen LogP contribution is 2.42. The van der Waals surface area contributed by atoms with Crippen LogP contribution in [0.25, 0.3) is 16.9 Å². The Balaban J connectivity index is 1.95. The van der Waals surface area contributed by atoms with E-state index in [4.69, 9.17) is 14.6 Å². The van der Waals surface area contributed by atoms with Gasteiger partial charge in [-0.25, -0.2) is 4.68 Å². The lowest BCUT2D eigenvalue weighted by atomic mass is 10.0. The van der Waals surface area contributed by atoms with Gasteiger partial charge < -0.3 is 14.8 Å². The molecular weight excluding hydrogens is 350 g/mol. The number of benzene rings is 2. The van der Waals surface area contributed by atoms with Crippen molar-refractivity contribution in [1.82, 2.24) is 9.78 Å². The van der Waals surface area contributed by atoms with Gasteiger partial charge in [-0.15, -0.1) is 0 Å². The van der Waals surface area contributed by atoms with Crippen molar-refractivity contribution >= 4 is 5.82 Å². The fourth-order valence-corrected chi connectivity index (χ4v) is 3.84. The van der Waals surface area contributed by atoms with Gasteiger partial charge >= 0.3 is 0 Å². The van der Waals surface area contributed by atoms with E-state index in [-0.39, 0.29) is 0 Å². The summed E-state index contributed by atoms with van der Waals surface area (Å²) in [6.45, 7) is 5.23. The molecule has 0 amide bonds. The largest absolute Gasteiger partial charge is 0.493 e. The van der Waals surface area contributed by atoms with Gasteiger partial charge in [0.25, 0.3) is 0 Å². The number of methoxy groups -OCH3 is 2. The molecule has 0 saturated heterocycles. The maximum Gasteiger partial charge on any atom is 0.170 e. The SMILES string of the molecule is COc1cccc(-c2nn(-c3ccc(C)c(C)c3)c3c2CCCCN3)c1OC. The summed E-state index contributed by atoms with van der Waals surface area (Å²) >= 11 is 0. The molecule has 2 heterocycles. The average Bonchev–Trinajstić information content (AvgIpc) is 2.90. The second kappa shape index (κ2) is 7.58. The van der Waals surface area contributed by atoms with Crippen molar-refractivity contribution in [3.63, 3.8) is 0 Å². The van der Waals surface area contributed by atoms with Gasteiger partial charge in [0.1, 0.15) is 11.5 Å². The first kappa shape index (κ1) is 18.4. The van der Waals surface area contributed by atoms with Crippen LogP contribution < -0.4 is 14.8 Å². The zero-order chi connectivity index (χ0) is 19.7. The third kappa shape index (κ3) is 3.11. The molecule has 4 rings (SSSR count). The average molecular weight is 377 g/mol. The van der Waals surface area contributed by atoms with E-state index in [9.17, 15) is 0 Å². The van der Waals surface area contributed by atoms with E-state index in [1.54, 1.807) is 14.2 Å². The third-order valence-electron chi connectivity index (χ3n) is 5.52. The van der Waals surface area contributed by atoms with E-state index in [1.165, 1.54) is 16.7 Å². The van der Waals surface area contributed by atoms with E-state index in [1.807, 2.05) is 16.8 Å². The molecule has 0 fully saturated rings. The number of aromatic nitrogens is 2. The van der Waals surface area contributed by atoms with Crippen LogP contribution in [0.4, 0.5) is 5.82 Å². The summed E-state index contributed by atoms with van der Waals surface area (Å²) in [5.74, 6) is 2.53. The van der Waals surface area contributed by atoms with Crippen LogP contribution >= 0.6 is 0 Å². The predicted octanol–water partition coefficient (Wildman–Crippen LogP) is 4.92. The number of rotatable bonds is 4. The summed E-state index contributed by atoms with van der Waals surface area (Å²) in [4.78, 5) is 0. The fraction of sp³-hybridized carbons (Fsp3) is 0.348. The molecule has 5 nitrogen and oxygen atoms in total. The highest BCUT2D eigenvalue weighted by atomic mass is 16.5. The maximum atomic E-state index is 5.70. The quantitative estimate of drug-likeness (QED) is 0.701. The minimum absolute atomic E-state index is 0.719. The molecule has 28 heavy (non-hydrogen) atoms. The molecule has 0 aliphatic carbocycles. The molecule has 0 radical (unpaired) electrons. The van der Waals surface area contributed by atoms with E-state index in [0.717, 1.165) is 60.1 Å². The third-order valence-corrected chi connectivity index (χ3v) is 5.52. The predicted molar refractivity (Wildman–Crippen MR) is 113 cm³/mol. The molecule has 146 valence electrons. The van der Waals surface area contributed by atoms with Gasteiger partial charge in [0, 0.05) is 17.7 Å². The second-order valence-corrected chi connectivity index (χ2v) is 7.28. The summed E-state index contributed by atoms with van der Waals surface area (Å²) in [6, 6.07) is 12.4. The second-order valence-electron chi connectivity index (χ2n) is 7.28. The lowest BCUT2D eigenvalue weighted by molar-refractivity contribution is 0.356. The maximum absolute atomic E-state index is 5.70. The molecule has 0 bridgehead atoms. The molecular formula is C23H27N3O2. The van der Waals surface area contributed by atoms with Gasteiger partial charge in [-0.1, -0.05) is 12.1 Å². The number of fused-ring (bicyclic) bond motifs is 1. The van der Waals surface area contributed by atoms with Crippen molar-refractivity contribution in [1.29, 1.82) is 0 Å². The van der Waals surface area contributed by atoms with Crippen LogP contribution in [0.2, 0.25) is 0 Å². The number of anilines is 1. The van der Waals surface area contributed by atoms with Crippen LogP contribution in [-0.2, 0) is 6.42 Å². The van der Waals surface area contributed by atoms with Gasteiger partial charge in [0.15, 0.2) is 11.5 Å². The molecule has 1 aliphatic rings. The van der Waals surface area contributed by atoms with Crippen molar-refractivity contribution in [2.24, 2.45) is 0 Å². The van der Waals surface area contributed by atoms with Crippen molar-refractivity contribution < 1.29 is 9.47 Å². The Labute approximate surface area is 166 Å². The van der Waals surface area contributed by atoms with Crippen LogP contribution in [0.15, 0.2) is 36.4 Å². The first-order valence-corrected chi connectivity index (χ1v) is 9.78. The number of nitrogens with zero attached hydrogens (tertiary/aromatic N) is 2. The number of nitrogens with one attached hydrogen (secondary N) is 1. The van der Waals surface area contributed by atoms with Crippen LogP contribution in [0.3, 0.4) is 0 Å². The zero-order valence-corrected chi connectivity index (χ0v) is 17.0. The van der Waals surface area contributed by atoms with E-state index >= 15 is 0 Å². The first-order chi connectivity index (χ1) is 13.6. The number of para-hydroxylation sites is 1. The topological polar surface area (TPSA) is 48.3 Å². The highest BCUT2D eigenvalue weighted by molar-refractivity contribution is 5.78. The monoisotopic (exact) mass is 377 g/mol. The molecule has 2 aromatic carbocycles. The zero-order valence-electron chi connectivity index (χ0n) is 17.0. The summed E-state index contributed by atoms with van der Waals surface area (Å²) in [6.07, 6.45) is 3.27. The molecule has 0 saturated carbocycles. The number of ether oxygens (including phenoxy) is 2. The Morgan fingerprint density at radius 3 is 2.61 bits per heavy atom. The molecule has 0 spiro atoms. The van der Waals surface area contributed by atoms with Crippen LogP contribution in [0, 0.1) is 13.8 Å². The van der Waals surface area contributed by atoms with Crippen LogP contribution in [0.1, 0.15) is 29.5 Å². The summed E-state index contributed by atoms with van der Waals surface area (Å²) in [5.41, 5.74) is 6.77. The Morgan fingerprint density at radius 1 is 1.00 bits per heavy atom. The number of hydrogen-bond donors (Lipinski definition) is 1. The van der Waals surface area contributed by atoms with Crippen molar-refractivity contribution in [2.75, 3.05) is 26.1 Å². The van der Waals surface area contributed by atoms with Crippen LogP contribution in [-0.4, -0.2) is 30.5 Å². The van der Waals surface area contributed by atoms with Gasteiger partial charge in [-0.3, -0.25) is 0 Å². The molecule has 5 heteroatoms. The van der Waals surface area contributed by atoms with Crippen molar-refractivity contribution in [3.8, 4) is 28.4 Å². The first-order valence-electron chi connectivity index (χ1n) is 9.78. The summed E-state index contributed by atoms with van der Waals surface area (Å²) in [5, 5.41) is 8.66. The van der Waals surface area contributed by atoms with E-state index < -0.39 is 0 Å².